The molecule has 8 heteroatoms. The number of nitrogens with zero attached hydrogens (tertiary/aromatic N) is 8. The number of hydrogen-bond acceptors (Lipinski definition) is 8. The second kappa shape index (κ2) is 2.86. The summed E-state index contributed by atoms with van der Waals surface area (Å²) in [5, 5.41) is 28.5. The minimum absolute atomic E-state index is 0.207. The molecule has 0 saturated carbocycles. The van der Waals surface area contributed by atoms with Gasteiger partial charge in [0.15, 0.2) is 12.7 Å². The lowest BCUT2D eigenvalue weighted by Gasteiger charge is -1.89. The Bertz CT molecular complexity index is 308. The third-order valence-corrected chi connectivity index (χ3v) is 1.02. The van der Waals surface area contributed by atoms with Crippen molar-refractivity contribution in [3.8, 4) is 11.6 Å². The zero-order valence-corrected chi connectivity index (χ0v) is 5.73. The van der Waals surface area contributed by atoms with E-state index >= 15 is 0 Å². The van der Waals surface area contributed by atoms with E-state index in [9.17, 15) is 0 Å². The van der Waals surface area contributed by atoms with Crippen LogP contribution < -0.4 is 0 Å². The van der Waals surface area contributed by atoms with Crippen molar-refractivity contribution in [2.75, 3.05) is 0 Å². The van der Waals surface area contributed by atoms with Crippen molar-refractivity contribution in [2.24, 2.45) is 0 Å². The molecular weight excluding hydrogens is 160 g/mol. The van der Waals surface area contributed by atoms with Gasteiger partial charge in [-0.15, -0.1) is 40.8 Å². The summed E-state index contributed by atoms with van der Waals surface area (Å²) in [6, 6.07) is 0. The van der Waals surface area contributed by atoms with E-state index in [1.165, 1.54) is 12.7 Å². The van der Waals surface area contributed by atoms with Crippen LogP contribution in [0.2, 0.25) is 0 Å². The molecule has 0 fully saturated rings. The van der Waals surface area contributed by atoms with Crippen LogP contribution in [-0.4, -0.2) is 40.8 Å². The lowest BCUT2D eigenvalue weighted by Crippen LogP contribution is -2.00. The molecule has 2 heterocycles. The van der Waals surface area contributed by atoms with E-state index in [1.807, 2.05) is 0 Å². The van der Waals surface area contributed by atoms with Gasteiger partial charge >= 0.3 is 0 Å². The van der Waals surface area contributed by atoms with Gasteiger partial charge in [-0.3, -0.25) is 0 Å². The monoisotopic (exact) mass is 162 g/mol. The Morgan fingerprint density at radius 1 is 0.583 bits per heavy atom. The molecule has 0 N–H and O–H groups in total. The molecule has 0 aliphatic heterocycles. The topological polar surface area (TPSA) is 103 Å². The van der Waals surface area contributed by atoms with E-state index in [-0.39, 0.29) is 11.6 Å². The molecule has 0 aliphatic carbocycles. The second-order valence-electron chi connectivity index (χ2n) is 1.74. The fourth-order valence-corrected chi connectivity index (χ4v) is 0.587. The average Bonchev–Trinajstić information content (AvgIpc) is 2.21. The van der Waals surface area contributed by atoms with Crippen LogP contribution in [0.5, 0.6) is 0 Å². The van der Waals surface area contributed by atoms with Crippen molar-refractivity contribution in [3.63, 3.8) is 0 Å². The highest BCUT2D eigenvalue weighted by atomic mass is 15.3. The van der Waals surface area contributed by atoms with E-state index in [0.29, 0.717) is 0 Å². The molecule has 0 unspecified atom stereocenters. The highest BCUT2D eigenvalue weighted by molar-refractivity contribution is 5.37. The normalized spacial score (nSPS) is 9.67. The minimum Gasteiger partial charge on any atom is -0.135 e. The third kappa shape index (κ3) is 1.17. The van der Waals surface area contributed by atoms with Crippen LogP contribution in [0.15, 0.2) is 12.7 Å². The molecule has 2 aromatic heterocycles. The Balaban J connectivity index is 2.46. The summed E-state index contributed by atoms with van der Waals surface area (Å²) in [6.07, 6.45) is 2.43. The molecule has 0 bridgehead atoms. The van der Waals surface area contributed by atoms with Gasteiger partial charge in [0.1, 0.15) is 0 Å². The van der Waals surface area contributed by atoms with Gasteiger partial charge in [0.25, 0.3) is 0 Å². The van der Waals surface area contributed by atoms with Gasteiger partial charge in [-0.2, -0.15) is 0 Å². The number of hydrogen-bond donors (Lipinski definition) is 0. The first-order chi connectivity index (χ1) is 5.97. The predicted molar refractivity (Wildman–Crippen MR) is 34.2 cm³/mol. The highest BCUT2D eigenvalue weighted by Crippen LogP contribution is 1.99. The van der Waals surface area contributed by atoms with Crippen LogP contribution in [0.1, 0.15) is 0 Å². The van der Waals surface area contributed by atoms with Gasteiger partial charge < -0.3 is 0 Å². The molecule has 0 radical (unpaired) electrons. The first-order valence-electron chi connectivity index (χ1n) is 2.98. The van der Waals surface area contributed by atoms with Crippen molar-refractivity contribution in [1.82, 2.24) is 40.8 Å². The summed E-state index contributed by atoms with van der Waals surface area (Å²) in [5.41, 5.74) is 0. The summed E-state index contributed by atoms with van der Waals surface area (Å²) in [4.78, 5) is 0. The van der Waals surface area contributed by atoms with Gasteiger partial charge in [-0.05, 0) is 0 Å². The van der Waals surface area contributed by atoms with E-state index in [0.717, 1.165) is 0 Å². The van der Waals surface area contributed by atoms with Crippen molar-refractivity contribution < 1.29 is 0 Å². The summed E-state index contributed by atoms with van der Waals surface area (Å²) < 4.78 is 0. The lowest BCUT2D eigenvalue weighted by atomic mass is 10.6. The van der Waals surface area contributed by atoms with E-state index in [2.05, 4.69) is 40.8 Å². The van der Waals surface area contributed by atoms with Crippen LogP contribution >= 0.6 is 0 Å². The Labute approximate surface area is 66.1 Å². The fourth-order valence-electron chi connectivity index (χ4n) is 0.587. The Kier molecular flexibility index (Phi) is 1.57. The van der Waals surface area contributed by atoms with E-state index in [1.54, 1.807) is 0 Å². The Morgan fingerprint density at radius 2 is 0.917 bits per heavy atom. The SMILES string of the molecule is c1nnc(-c2nncnn2)nn1. The molecule has 0 saturated heterocycles. The molecule has 0 spiro atoms. The largest absolute Gasteiger partial charge is 0.244 e. The summed E-state index contributed by atoms with van der Waals surface area (Å²) >= 11 is 0. The molecule has 8 nitrogen and oxygen atoms in total. The zero-order chi connectivity index (χ0) is 8.23. The van der Waals surface area contributed by atoms with Gasteiger partial charge in [0.2, 0.25) is 11.6 Å². The van der Waals surface area contributed by atoms with E-state index < -0.39 is 0 Å². The summed E-state index contributed by atoms with van der Waals surface area (Å²) in [6.45, 7) is 0. The van der Waals surface area contributed by atoms with Crippen LogP contribution in [0.4, 0.5) is 0 Å². The molecule has 0 aliphatic rings. The molecule has 0 aromatic carbocycles. The summed E-state index contributed by atoms with van der Waals surface area (Å²) in [7, 11) is 0. The lowest BCUT2D eigenvalue weighted by molar-refractivity contribution is 0.805. The van der Waals surface area contributed by atoms with Gasteiger partial charge in [0, 0.05) is 0 Å². The molecule has 0 atom stereocenters. The number of rotatable bonds is 1. The molecule has 58 valence electrons. The van der Waals surface area contributed by atoms with Gasteiger partial charge in [-0.25, -0.2) is 0 Å². The third-order valence-electron chi connectivity index (χ3n) is 1.02. The van der Waals surface area contributed by atoms with Crippen LogP contribution in [0.3, 0.4) is 0 Å². The molecule has 2 aromatic rings. The van der Waals surface area contributed by atoms with Crippen LogP contribution in [0, 0.1) is 0 Å². The Morgan fingerprint density at radius 3 is 1.25 bits per heavy atom. The first-order valence-corrected chi connectivity index (χ1v) is 2.98. The smallest absolute Gasteiger partial charge is 0.135 e. The maximum absolute atomic E-state index is 3.62. The van der Waals surface area contributed by atoms with Crippen molar-refractivity contribution in [3.05, 3.63) is 12.7 Å². The predicted octanol–water partition coefficient (Wildman–Crippen LogP) is -1.49. The molecule has 2 rings (SSSR count). The van der Waals surface area contributed by atoms with Crippen molar-refractivity contribution >= 4 is 0 Å². The fraction of sp³-hybridized carbons (Fsp3) is 0. The van der Waals surface area contributed by atoms with E-state index in [4.69, 9.17) is 0 Å². The van der Waals surface area contributed by atoms with Gasteiger partial charge in [-0.1, -0.05) is 0 Å². The first kappa shape index (κ1) is 6.58. The minimum atomic E-state index is 0.207. The number of aromatic nitrogens is 8. The standard InChI is InChI=1S/C4H2N8/c1-5-9-3(10-6-1)4-11-7-2-8-12-4/h1-2H. The summed E-state index contributed by atoms with van der Waals surface area (Å²) in [5.74, 6) is 0.413. The molecule has 12 heavy (non-hydrogen) atoms. The van der Waals surface area contributed by atoms with Crippen molar-refractivity contribution in [1.29, 1.82) is 0 Å². The van der Waals surface area contributed by atoms with Crippen LogP contribution in [0.25, 0.3) is 11.6 Å². The second-order valence-corrected chi connectivity index (χ2v) is 1.74. The maximum atomic E-state index is 3.62. The Hall–Kier alpha value is -2.12. The highest BCUT2D eigenvalue weighted by Gasteiger charge is 2.04. The van der Waals surface area contributed by atoms with Crippen molar-refractivity contribution in [2.45, 2.75) is 0 Å². The van der Waals surface area contributed by atoms with Gasteiger partial charge in [0.05, 0.1) is 0 Å². The molecule has 0 amide bonds. The molecular formula is C4H2N8. The van der Waals surface area contributed by atoms with Crippen LogP contribution in [-0.2, 0) is 0 Å². The average molecular weight is 162 g/mol. The zero-order valence-electron chi connectivity index (χ0n) is 5.73. The quantitative estimate of drug-likeness (QED) is 0.499. The maximum Gasteiger partial charge on any atom is 0.244 e.